The van der Waals surface area contributed by atoms with Gasteiger partial charge in [0.25, 0.3) is 5.91 Å². The number of carbonyl (C=O) groups is 2. The normalized spacial score (nSPS) is 14.6. The zero-order valence-corrected chi connectivity index (χ0v) is 18.2. The summed E-state index contributed by atoms with van der Waals surface area (Å²) in [7, 11) is 1.31. The summed E-state index contributed by atoms with van der Waals surface area (Å²) in [6.45, 7) is 6.41. The Morgan fingerprint density at radius 2 is 1.87 bits per heavy atom. The van der Waals surface area contributed by atoms with E-state index in [-0.39, 0.29) is 30.4 Å². The Bertz CT molecular complexity index is 742. The number of nitrogens with zero attached hydrogens (tertiary/aromatic N) is 1. The average Bonchev–Trinajstić information content (AvgIpc) is 2.67. The first-order valence-electron chi connectivity index (χ1n) is 9.79. The van der Waals surface area contributed by atoms with Crippen molar-refractivity contribution in [3.05, 3.63) is 18.0 Å². The smallest absolute Gasteiger partial charge is 0.389 e. The lowest BCUT2D eigenvalue weighted by molar-refractivity contribution is -0.164. The maximum Gasteiger partial charge on any atom is 0.389 e. The number of ether oxygens (including phenoxy) is 3. The molecule has 0 radical (unpaired) electrons. The van der Waals surface area contributed by atoms with Gasteiger partial charge in [0.2, 0.25) is 0 Å². The van der Waals surface area contributed by atoms with Crippen molar-refractivity contribution in [2.45, 2.75) is 65.0 Å². The lowest BCUT2D eigenvalue weighted by Crippen LogP contribution is -2.44. The highest BCUT2D eigenvalue weighted by atomic mass is 19.4. The molecule has 1 rings (SSSR count). The summed E-state index contributed by atoms with van der Waals surface area (Å²) in [6, 6.07) is 0.284. The number of pyridine rings is 1. The van der Waals surface area contributed by atoms with Crippen LogP contribution in [0.5, 0.6) is 11.5 Å². The maximum absolute atomic E-state index is 12.4. The van der Waals surface area contributed by atoms with Crippen molar-refractivity contribution in [2.75, 3.05) is 13.7 Å². The fourth-order valence-electron chi connectivity index (χ4n) is 2.74. The van der Waals surface area contributed by atoms with Crippen molar-refractivity contribution >= 4 is 11.9 Å². The SMILES string of the molecule is COc1ccnc(C(=O)N[C@@H](C)C(=O)O[C@H](C(C)C)[C@H](C)OCCCC(F)(F)F)c1O. The quantitative estimate of drug-likeness (QED) is 0.394. The number of hydrogen-bond donors (Lipinski definition) is 2. The van der Waals surface area contributed by atoms with Gasteiger partial charge in [0.15, 0.2) is 17.2 Å². The molecule has 0 spiro atoms. The molecule has 0 fully saturated rings. The lowest BCUT2D eigenvalue weighted by Gasteiger charge is -2.28. The van der Waals surface area contributed by atoms with E-state index in [0.717, 1.165) is 0 Å². The number of rotatable bonds is 11. The second-order valence-electron chi connectivity index (χ2n) is 7.35. The van der Waals surface area contributed by atoms with Gasteiger partial charge in [0.05, 0.1) is 13.2 Å². The number of carbonyl (C=O) groups excluding carboxylic acids is 2. The van der Waals surface area contributed by atoms with Crippen molar-refractivity contribution < 1.29 is 42.1 Å². The second-order valence-corrected chi connectivity index (χ2v) is 7.35. The molecule has 0 saturated heterocycles. The van der Waals surface area contributed by atoms with Crippen LogP contribution >= 0.6 is 0 Å². The first-order chi connectivity index (χ1) is 14.4. The Kier molecular flexibility index (Phi) is 10.0. The summed E-state index contributed by atoms with van der Waals surface area (Å²) in [5, 5.41) is 12.4. The fourth-order valence-corrected chi connectivity index (χ4v) is 2.74. The maximum atomic E-state index is 12.4. The minimum atomic E-state index is -4.25. The number of halogens is 3. The van der Waals surface area contributed by atoms with Crippen LogP contribution in [0.3, 0.4) is 0 Å². The van der Waals surface area contributed by atoms with Gasteiger partial charge in [0, 0.05) is 25.3 Å². The molecule has 0 aliphatic carbocycles. The van der Waals surface area contributed by atoms with Crippen LogP contribution in [-0.4, -0.2) is 60.1 Å². The van der Waals surface area contributed by atoms with Crippen LogP contribution in [0.1, 0.15) is 51.0 Å². The number of hydrogen-bond acceptors (Lipinski definition) is 7. The van der Waals surface area contributed by atoms with Crippen molar-refractivity contribution in [3.63, 3.8) is 0 Å². The zero-order chi connectivity index (χ0) is 23.8. The molecule has 0 unspecified atom stereocenters. The van der Waals surface area contributed by atoms with Crippen molar-refractivity contribution in [1.29, 1.82) is 0 Å². The van der Waals surface area contributed by atoms with Crippen LogP contribution < -0.4 is 10.1 Å². The topological polar surface area (TPSA) is 107 Å². The van der Waals surface area contributed by atoms with Gasteiger partial charge in [-0.1, -0.05) is 13.8 Å². The number of alkyl halides is 3. The summed E-state index contributed by atoms with van der Waals surface area (Å²) in [6.07, 6.45) is -5.53. The van der Waals surface area contributed by atoms with Gasteiger partial charge < -0.3 is 24.6 Å². The molecule has 8 nitrogen and oxygen atoms in total. The zero-order valence-electron chi connectivity index (χ0n) is 18.2. The van der Waals surface area contributed by atoms with Crippen LogP contribution in [0.4, 0.5) is 13.2 Å². The molecule has 1 aromatic rings. The van der Waals surface area contributed by atoms with Gasteiger partial charge >= 0.3 is 12.1 Å². The Morgan fingerprint density at radius 3 is 2.42 bits per heavy atom. The first-order valence-corrected chi connectivity index (χ1v) is 9.79. The molecule has 0 aromatic carbocycles. The van der Waals surface area contributed by atoms with E-state index in [0.29, 0.717) is 0 Å². The highest BCUT2D eigenvalue weighted by Crippen LogP contribution is 2.27. The molecule has 1 aromatic heterocycles. The summed E-state index contributed by atoms with van der Waals surface area (Å²) in [5.41, 5.74) is -0.319. The van der Waals surface area contributed by atoms with Gasteiger partial charge in [-0.2, -0.15) is 13.2 Å². The van der Waals surface area contributed by atoms with Crippen molar-refractivity contribution in [1.82, 2.24) is 10.3 Å². The molecule has 0 saturated carbocycles. The standard InChI is InChI=1S/C20H29F3N2O6/c1-11(2)17(13(4)30-10-6-8-20(21,22)23)31-19(28)12(3)25-18(27)15-16(26)14(29-5)7-9-24-15/h7,9,11-13,17,26H,6,8,10H2,1-5H3,(H,25,27)/t12-,13-,17+/m0/s1. The second kappa shape index (κ2) is 11.7. The lowest BCUT2D eigenvalue weighted by atomic mass is 10.0. The summed E-state index contributed by atoms with van der Waals surface area (Å²) >= 11 is 0. The number of esters is 1. The molecule has 0 aliphatic rings. The van der Waals surface area contributed by atoms with Crippen LogP contribution in [-0.2, 0) is 14.3 Å². The number of nitrogens with one attached hydrogen (secondary N) is 1. The largest absolute Gasteiger partial charge is 0.503 e. The highest BCUT2D eigenvalue weighted by Gasteiger charge is 2.30. The summed E-state index contributed by atoms with van der Waals surface area (Å²) in [5.74, 6) is -2.18. The minimum Gasteiger partial charge on any atom is -0.503 e. The predicted molar refractivity (Wildman–Crippen MR) is 105 cm³/mol. The van der Waals surface area contributed by atoms with Gasteiger partial charge in [0.1, 0.15) is 12.1 Å². The Hall–Kier alpha value is -2.56. The summed E-state index contributed by atoms with van der Waals surface area (Å²) in [4.78, 5) is 28.6. The number of methoxy groups -OCH3 is 1. The number of aromatic hydroxyl groups is 1. The van der Waals surface area contributed by atoms with E-state index in [1.165, 1.54) is 26.3 Å². The average molecular weight is 450 g/mol. The van der Waals surface area contributed by atoms with E-state index in [2.05, 4.69) is 10.3 Å². The third kappa shape index (κ3) is 8.60. The molecular formula is C20H29F3N2O6. The van der Waals surface area contributed by atoms with Crippen molar-refractivity contribution in [3.8, 4) is 11.5 Å². The van der Waals surface area contributed by atoms with Gasteiger partial charge in [-0.3, -0.25) is 4.79 Å². The molecule has 11 heteroatoms. The molecule has 31 heavy (non-hydrogen) atoms. The predicted octanol–water partition coefficient (Wildman–Crippen LogP) is 3.23. The van der Waals surface area contributed by atoms with E-state index >= 15 is 0 Å². The first kappa shape index (κ1) is 26.5. The molecule has 0 bridgehead atoms. The Balaban J connectivity index is 2.67. The van der Waals surface area contributed by atoms with E-state index in [9.17, 15) is 27.9 Å². The number of amides is 1. The molecule has 0 aliphatic heterocycles. The third-order valence-electron chi connectivity index (χ3n) is 4.38. The van der Waals surface area contributed by atoms with Gasteiger partial charge in [-0.15, -0.1) is 0 Å². The monoisotopic (exact) mass is 450 g/mol. The van der Waals surface area contributed by atoms with Crippen LogP contribution in [0.25, 0.3) is 0 Å². The molecule has 176 valence electrons. The van der Waals surface area contributed by atoms with Gasteiger partial charge in [-0.05, 0) is 26.2 Å². The molecular weight excluding hydrogens is 421 g/mol. The van der Waals surface area contributed by atoms with Crippen LogP contribution in [0.15, 0.2) is 12.3 Å². The van der Waals surface area contributed by atoms with E-state index < -0.39 is 48.5 Å². The van der Waals surface area contributed by atoms with Crippen LogP contribution in [0, 0.1) is 5.92 Å². The van der Waals surface area contributed by atoms with Gasteiger partial charge in [-0.25, -0.2) is 9.78 Å². The molecule has 2 N–H and O–H groups in total. The summed E-state index contributed by atoms with van der Waals surface area (Å²) < 4.78 is 52.5. The van der Waals surface area contributed by atoms with E-state index in [4.69, 9.17) is 14.2 Å². The van der Waals surface area contributed by atoms with Crippen LogP contribution in [0.2, 0.25) is 0 Å². The number of aromatic nitrogens is 1. The molecule has 1 heterocycles. The fraction of sp³-hybridized carbons (Fsp3) is 0.650. The Morgan fingerprint density at radius 1 is 1.23 bits per heavy atom. The highest BCUT2D eigenvalue weighted by molar-refractivity contribution is 5.97. The van der Waals surface area contributed by atoms with Crippen molar-refractivity contribution in [2.24, 2.45) is 5.92 Å². The minimum absolute atomic E-state index is 0.0479. The molecule has 1 amide bonds. The van der Waals surface area contributed by atoms with E-state index in [1.807, 2.05) is 0 Å². The van der Waals surface area contributed by atoms with E-state index in [1.54, 1.807) is 20.8 Å². The molecule has 3 atom stereocenters. The Labute approximate surface area is 179 Å². The third-order valence-corrected chi connectivity index (χ3v) is 4.38.